The molecule has 0 aromatic rings. The lowest BCUT2D eigenvalue weighted by atomic mass is 10.00. The maximum Gasteiger partial charge on any atom is 0.0107 e. The van der Waals surface area contributed by atoms with E-state index in [4.69, 9.17) is 0 Å². The molecule has 0 bridgehead atoms. The molecule has 2 rings (SSSR count). The number of hydrogen-bond acceptors (Lipinski definition) is 2. The Labute approximate surface area is 107 Å². The van der Waals surface area contributed by atoms with E-state index < -0.39 is 0 Å². The van der Waals surface area contributed by atoms with E-state index in [0.717, 1.165) is 5.92 Å². The third-order valence-electron chi connectivity index (χ3n) is 3.92. The van der Waals surface area contributed by atoms with Crippen LogP contribution in [-0.2, 0) is 0 Å². The van der Waals surface area contributed by atoms with Gasteiger partial charge in [-0.2, -0.15) is 0 Å². The zero-order valence-corrected chi connectivity index (χ0v) is 11.2. The van der Waals surface area contributed by atoms with E-state index >= 15 is 0 Å². The maximum atomic E-state index is 3.49. The van der Waals surface area contributed by atoms with E-state index in [-0.39, 0.29) is 12.4 Å². The third-order valence-corrected chi connectivity index (χ3v) is 3.92. The van der Waals surface area contributed by atoms with Crippen molar-refractivity contribution in [1.29, 1.82) is 0 Å². The molecule has 0 radical (unpaired) electrons. The summed E-state index contributed by atoms with van der Waals surface area (Å²) in [5, 5.41) is 3.49. The largest absolute Gasteiger partial charge is 0.315 e. The lowest BCUT2D eigenvalue weighted by Gasteiger charge is -2.25. The Hall–Kier alpha value is 0.210. The minimum Gasteiger partial charge on any atom is -0.315 e. The molecular weight excluding hydrogens is 220 g/mol. The fraction of sp³-hybridized carbons (Fsp3) is 1.00. The summed E-state index contributed by atoms with van der Waals surface area (Å²) in [6, 6.07) is 0. The SMILES string of the molecule is C1CCCC(CN2CCCNCC2)CC1.Cl. The van der Waals surface area contributed by atoms with Crippen LogP contribution in [0.25, 0.3) is 0 Å². The number of rotatable bonds is 2. The van der Waals surface area contributed by atoms with E-state index in [1.54, 1.807) is 0 Å². The Kier molecular flexibility index (Phi) is 7.42. The topological polar surface area (TPSA) is 15.3 Å². The van der Waals surface area contributed by atoms with Crippen LogP contribution in [0.3, 0.4) is 0 Å². The molecule has 1 saturated heterocycles. The summed E-state index contributed by atoms with van der Waals surface area (Å²) in [5.41, 5.74) is 0. The molecule has 0 unspecified atom stereocenters. The minimum atomic E-state index is 0. The molecule has 2 nitrogen and oxygen atoms in total. The Bertz CT molecular complexity index is 141. The molecule has 1 heterocycles. The van der Waals surface area contributed by atoms with Crippen molar-refractivity contribution >= 4 is 12.4 Å². The number of nitrogens with zero attached hydrogens (tertiary/aromatic N) is 1. The smallest absolute Gasteiger partial charge is 0.0107 e. The fourth-order valence-electron chi connectivity index (χ4n) is 3.00. The molecule has 1 saturated carbocycles. The van der Waals surface area contributed by atoms with Crippen molar-refractivity contribution in [3.63, 3.8) is 0 Å². The summed E-state index contributed by atoms with van der Waals surface area (Å²) >= 11 is 0. The van der Waals surface area contributed by atoms with Crippen LogP contribution in [0, 0.1) is 5.92 Å². The first kappa shape index (κ1) is 14.3. The van der Waals surface area contributed by atoms with E-state index in [1.807, 2.05) is 0 Å². The second-order valence-electron chi connectivity index (χ2n) is 5.26. The number of halogens is 1. The van der Waals surface area contributed by atoms with Crippen molar-refractivity contribution < 1.29 is 0 Å². The summed E-state index contributed by atoms with van der Waals surface area (Å²) in [5.74, 6) is 1.01. The van der Waals surface area contributed by atoms with Gasteiger partial charge in [0.05, 0.1) is 0 Å². The highest BCUT2D eigenvalue weighted by Crippen LogP contribution is 2.23. The van der Waals surface area contributed by atoms with Crippen molar-refractivity contribution in [1.82, 2.24) is 10.2 Å². The van der Waals surface area contributed by atoms with E-state index in [0.29, 0.717) is 0 Å². The van der Waals surface area contributed by atoms with Gasteiger partial charge in [0, 0.05) is 19.6 Å². The molecule has 1 N–H and O–H groups in total. The van der Waals surface area contributed by atoms with Crippen LogP contribution in [0.1, 0.15) is 44.9 Å². The molecule has 0 atom stereocenters. The van der Waals surface area contributed by atoms with E-state index in [1.165, 1.54) is 77.7 Å². The lowest BCUT2D eigenvalue weighted by molar-refractivity contribution is 0.231. The molecule has 1 aliphatic carbocycles. The summed E-state index contributed by atoms with van der Waals surface area (Å²) < 4.78 is 0. The van der Waals surface area contributed by atoms with Crippen molar-refractivity contribution in [2.75, 3.05) is 32.7 Å². The number of hydrogen-bond donors (Lipinski definition) is 1. The molecule has 3 heteroatoms. The summed E-state index contributed by atoms with van der Waals surface area (Å²) in [4.78, 5) is 2.69. The maximum absolute atomic E-state index is 3.49. The molecule has 1 aliphatic heterocycles. The average Bonchev–Trinajstić information content (AvgIpc) is 2.63. The molecule has 96 valence electrons. The van der Waals surface area contributed by atoms with Crippen LogP contribution in [0.15, 0.2) is 0 Å². The van der Waals surface area contributed by atoms with Crippen LogP contribution in [-0.4, -0.2) is 37.6 Å². The van der Waals surface area contributed by atoms with Gasteiger partial charge in [-0.25, -0.2) is 0 Å². The van der Waals surface area contributed by atoms with E-state index in [9.17, 15) is 0 Å². The molecular formula is C13H27ClN2. The highest BCUT2D eigenvalue weighted by molar-refractivity contribution is 5.85. The van der Waals surface area contributed by atoms with Crippen molar-refractivity contribution in [2.24, 2.45) is 5.92 Å². The predicted octanol–water partition coefficient (Wildman–Crippen LogP) is 2.67. The number of nitrogens with one attached hydrogen (secondary N) is 1. The molecule has 2 aliphatic rings. The second kappa shape index (κ2) is 8.32. The first-order valence-electron chi connectivity index (χ1n) is 6.88. The quantitative estimate of drug-likeness (QED) is 0.754. The van der Waals surface area contributed by atoms with Gasteiger partial charge < -0.3 is 10.2 Å². The van der Waals surface area contributed by atoms with E-state index in [2.05, 4.69) is 10.2 Å². The van der Waals surface area contributed by atoms with Gasteiger partial charge in [0.15, 0.2) is 0 Å². The van der Waals surface area contributed by atoms with Crippen molar-refractivity contribution in [3.05, 3.63) is 0 Å². The summed E-state index contributed by atoms with van der Waals surface area (Å²) in [7, 11) is 0. The van der Waals surface area contributed by atoms with Crippen molar-refractivity contribution in [3.8, 4) is 0 Å². The van der Waals surface area contributed by atoms with Gasteiger partial charge in [0.2, 0.25) is 0 Å². The summed E-state index contributed by atoms with van der Waals surface area (Å²) in [6.07, 6.45) is 10.3. The van der Waals surface area contributed by atoms with Crippen molar-refractivity contribution in [2.45, 2.75) is 44.9 Å². The Morgan fingerprint density at radius 3 is 2.38 bits per heavy atom. The zero-order chi connectivity index (χ0) is 10.3. The van der Waals surface area contributed by atoms with Gasteiger partial charge in [-0.15, -0.1) is 12.4 Å². The van der Waals surface area contributed by atoms with Gasteiger partial charge in [-0.05, 0) is 38.3 Å². The summed E-state index contributed by atoms with van der Waals surface area (Å²) in [6.45, 7) is 6.40. The van der Waals surface area contributed by atoms with Crippen LogP contribution < -0.4 is 5.32 Å². The highest BCUT2D eigenvalue weighted by atomic mass is 35.5. The van der Waals surface area contributed by atoms with Gasteiger partial charge in [-0.3, -0.25) is 0 Å². The molecule has 0 amide bonds. The monoisotopic (exact) mass is 246 g/mol. The molecule has 0 aromatic heterocycles. The highest BCUT2D eigenvalue weighted by Gasteiger charge is 2.16. The molecule has 0 aromatic carbocycles. The van der Waals surface area contributed by atoms with Crippen LogP contribution >= 0.6 is 12.4 Å². The predicted molar refractivity (Wildman–Crippen MR) is 72.4 cm³/mol. The van der Waals surface area contributed by atoms with Crippen LogP contribution in [0.5, 0.6) is 0 Å². The molecule has 0 spiro atoms. The second-order valence-corrected chi connectivity index (χ2v) is 5.26. The van der Waals surface area contributed by atoms with Gasteiger partial charge in [-0.1, -0.05) is 25.7 Å². The molecule has 16 heavy (non-hydrogen) atoms. The van der Waals surface area contributed by atoms with Crippen LogP contribution in [0.4, 0.5) is 0 Å². The lowest BCUT2D eigenvalue weighted by Crippen LogP contribution is -2.32. The van der Waals surface area contributed by atoms with Gasteiger partial charge >= 0.3 is 0 Å². The van der Waals surface area contributed by atoms with Gasteiger partial charge in [0.1, 0.15) is 0 Å². The first-order chi connectivity index (χ1) is 7.45. The fourth-order valence-corrected chi connectivity index (χ4v) is 3.00. The van der Waals surface area contributed by atoms with Crippen LogP contribution in [0.2, 0.25) is 0 Å². The molecule has 2 fully saturated rings. The standard InChI is InChI=1S/C13H26N2.ClH/c1-2-4-7-13(6-3-1)12-15-10-5-8-14-9-11-15;/h13-14H,1-12H2;1H. The third kappa shape index (κ3) is 5.03. The average molecular weight is 247 g/mol. The Morgan fingerprint density at radius 2 is 1.62 bits per heavy atom. The van der Waals surface area contributed by atoms with Gasteiger partial charge in [0.25, 0.3) is 0 Å². The normalized spacial score (nSPS) is 25.5. The Morgan fingerprint density at radius 1 is 0.875 bits per heavy atom. The minimum absolute atomic E-state index is 0. The zero-order valence-electron chi connectivity index (χ0n) is 10.4. The first-order valence-corrected chi connectivity index (χ1v) is 6.88. The Balaban J connectivity index is 0.00000128.